The molecule has 1 aliphatic heterocycles. The molecule has 3 heteroatoms. The van der Waals surface area contributed by atoms with Crippen molar-refractivity contribution in [3.63, 3.8) is 0 Å². The highest BCUT2D eigenvalue weighted by atomic mass is 32.2. The van der Waals surface area contributed by atoms with Gasteiger partial charge in [0.25, 0.3) is 0 Å². The molecule has 1 aromatic rings. The molecular formula is C12H14N2S. The van der Waals surface area contributed by atoms with E-state index >= 15 is 0 Å². The zero-order valence-electron chi connectivity index (χ0n) is 8.86. The standard InChI is InChI=1S/C12H14N2S/c1-10-8-12(3-2-11(10)9-13)14-4-6-15-7-5-14/h2-3,8H,4-7H2,1H3. The molecule has 78 valence electrons. The molecule has 0 spiro atoms. The van der Waals surface area contributed by atoms with Gasteiger partial charge in [-0.2, -0.15) is 17.0 Å². The Hall–Kier alpha value is -1.14. The molecule has 2 rings (SSSR count). The van der Waals surface area contributed by atoms with Crippen LogP contribution in [0.25, 0.3) is 0 Å². The summed E-state index contributed by atoms with van der Waals surface area (Å²) in [5.41, 5.74) is 3.12. The van der Waals surface area contributed by atoms with Crippen molar-refractivity contribution in [2.45, 2.75) is 6.92 Å². The molecule has 1 saturated heterocycles. The van der Waals surface area contributed by atoms with Gasteiger partial charge in [-0.25, -0.2) is 0 Å². The van der Waals surface area contributed by atoms with Gasteiger partial charge in [-0.15, -0.1) is 0 Å². The topological polar surface area (TPSA) is 27.0 Å². The maximum Gasteiger partial charge on any atom is 0.0994 e. The smallest absolute Gasteiger partial charge is 0.0994 e. The molecule has 1 aromatic carbocycles. The van der Waals surface area contributed by atoms with Crippen LogP contribution < -0.4 is 4.90 Å². The lowest BCUT2D eigenvalue weighted by Crippen LogP contribution is -2.32. The Morgan fingerprint density at radius 3 is 2.67 bits per heavy atom. The predicted octanol–water partition coefficient (Wildman–Crippen LogP) is 2.42. The van der Waals surface area contributed by atoms with Crippen LogP contribution in [-0.4, -0.2) is 24.6 Å². The summed E-state index contributed by atoms with van der Waals surface area (Å²) in [6.45, 7) is 4.24. The Morgan fingerprint density at radius 2 is 2.07 bits per heavy atom. The minimum atomic E-state index is 0.783. The summed E-state index contributed by atoms with van der Waals surface area (Å²) in [6, 6.07) is 8.30. The molecule has 1 aliphatic rings. The summed E-state index contributed by atoms with van der Waals surface area (Å²) in [6.07, 6.45) is 0. The molecule has 0 amide bonds. The SMILES string of the molecule is Cc1cc(N2CCSCC2)ccc1C#N. The monoisotopic (exact) mass is 218 g/mol. The van der Waals surface area contributed by atoms with Crippen LogP contribution in [-0.2, 0) is 0 Å². The molecule has 0 aliphatic carbocycles. The first kappa shape index (κ1) is 10.4. The highest BCUT2D eigenvalue weighted by Crippen LogP contribution is 2.21. The van der Waals surface area contributed by atoms with E-state index in [1.54, 1.807) is 0 Å². The Labute approximate surface area is 94.9 Å². The van der Waals surface area contributed by atoms with E-state index in [0.717, 1.165) is 24.2 Å². The highest BCUT2D eigenvalue weighted by Gasteiger charge is 2.11. The first-order valence-electron chi connectivity index (χ1n) is 5.15. The Kier molecular flexibility index (Phi) is 3.17. The number of aryl methyl sites for hydroxylation is 1. The van der Waals surface area contributed by atoms with Crippen molar-refractivity contribution in [3.05, 3.63) is 29.3 Å². The number of benzene rings is 1. The third kappa shape index (κ3) is 2.27. The van der Waals surface area contributed by atoms with Crippen LogP contribution in [0.5, 0.6) is 0 Å². The van der Waals surface area contributed by atoms with Crippen molar-refractivity contribution < 1.29 is 0 Å². The summed E-state index contributed by atoms with van der Waals surface area (Å²) in [4.78, 5) is 2.39. The van der Waals surface area contributed by atoms with Crippen LogP contribution in [0.4, 0.5) is 5.69 Å². The molecule has 0 atom stereocenters. The minimum Gasteiger partial charge on any atom is -0.370 e. The van der Waals surface area contributed by atoms with Crippen molar-refractivity contribution in [2.75, 3.05) is 29.5 Å². The van der Waals surface area contributed by atoms with E-state index in [4.69, 9.17) is 5.26 Å². The van der Waals surface area contributed by atoms with Crippen molar-refractivity contribution >= 4 is 17.4 Å². The number of anilines is 1. The third-order valence-electron chi connectivity index (χ3n) is 2.71. The molecule has 15 heavy (non-hydrogen) atoms. The van der Waals surface area contributed by atoms with Crippen molar-refractivity contribution in [1.29, 1.82) is 5.26 Å². The van der Waals surface area contributed by atoms with E-state index < -0.39 is 0 Å². The van der Waals surface area contributed by atoms with E-state index in [2.05, 4.69) is 23.1 Å². The number of hydrogen-bond acceptors (Lipinski definition) is 3. The van der Waals surface area contributed by atoms with Gasteiger partial charge in [-0.05, 0) is 30.7 Å². The quantitative estimate of drug-likeness (QED) is 0.724. The average molecular weight is 218 g/mol. The van der Waals surface area contributed by atoms with Crippen molar-refractivity contribution in [1.82, 2.24) is 0 Å². The molecule has 1 fully saturated rings. The molecule has 0 N–H and O–H groups in total. The lowest BCUT2D eigenvalue weighted by Gasteiger charge is -2.28. The fourth-order valence-corrected chi connectivity index (χ4v) is 2.69. The summed E-state index contributed by atoms with van der Waals surface area (Å²) in [5.74, 6) is 2.41. The van der Waals surface area contributed by atoms with Gasteiger partial charge >= 0.3 is 0 Å². The first-order chi connectivity index (χ1) is 7.31. The highest BCUT2D eigenvalue weighted by molar-refractivity contribution is 7.99. The number of thioether (sulfide) groups is 1. The van der Waals surface area contributed by atoms with Crippen LogP contribution in [0.2, 0.25) is 0 Å². The van der Waals surface area contributed by atoms with Crippen LogP contribution in [0.15, 0.2) is 18.2 Å². The lowest BCUT2D eigenvalue weighted by molar-refractivity contribution is 0.858. The fraction of sp³-hybridized carbons (Fsp3) is 0.417. The van der Waals surface area contributed by atoms with Gasteiger partial charge in [-0.1, -0.05) is 0 Å². The van der Waals surface area contributed by atoms with E-state index in [-0.39, 0.29) is 0 Å². The van der Waals surface area contributed by atoms with Crippen LogP contribution >= 0.6 is 11.8 Å². The van der Waals surface area contributed by atoms with Crippen LogP contribution in [0, 0.1) is 18.3 Å². The van der Waals surface area contributed by atoms with Gasteiger partial charge in [0, 0.05) is 30.3 Å². The van der Waals surface area contributed by atoms with Gasteiger partial charge in [0.15, 0.2) is 0 Å². The lowest BCUT2D eigenvalue weighted by atomic mass is 10.1. The maximum atomic E-state index is 8.85. The number of nitriles is 1. The normalized spacial score (nSPS) is 16.1. The second-order valence-electron chi connectivity index (χ2n) is 3.71. The summed E-state index contributed by atoms with van der Waals surface area (Å²) < 4.78 is 0. The fourth-order valence-electron chi connectivity index (χ4n) is 1.79. The summed E-state index contributed by atoms with van der Waals surface area (Å²) in [5, 5.41) is 8.85. The molecular weight excluding hydrogens is 204 g/mol. The van der Waals surface area contributed by atoms with Crippen LogP contribution in [0.3, 0.4) is 0 Å². The number of nitrogens with zero attached hydrogens (tertiary/aromatic N) is 2. The van der Waals surface area contributed by atoms with E-state index in [1.165, 1.54) is 17.2 Å². The Morgan fingerprint density at radius 1 is 1.33 bits per heavy atom. The first-order valence-corrected chi connectivity index (χ1v) is 6.30. The summed E-state index contributed by atoms with van der Waals surface area (Å²) in [7, 11) is 0. The van der Waals surface area contributed by atoms with Gasteiger partial charge in [-0.3, -0.25) is 0 Å². The second-order valence-corrected chi connectivity index (χ2v) is 4.94. The predicted molar refractivity (Wildman–Crippen MR) is 65.4 cm³/mol. The van der Waals surface area contributed by atoms with Crippen molar-refractivity contribution in [3.8, 4) is 6.07 Å². The molecule has 0 aromatic heterocycles. The van der Waals surface area contributed by atoms with E-state index in [9.17, 15) is 0 Å². The zero-order valence-corrected chi connectivity index (χ0v) is 9.68. The Bertz CT molecular complexity index is 389. The van der Waals surface area contributed by atoms with Crippen LogP contribution in [0.1, 0.15) is 11.1 Å². The zero-order chi connectivity index (χ0) is 10.7. The van der Waals surface area contributed by atoms with Gasteiger partial charge in [0.05, 0.1) is 11.6 Å². The number of hydrogen-bond donors (Lipinski definition) is 0. The third-order valence-corrected chi connectivity index (χ3v) is 3.65. The molecule has 0 bridgehead atoms. The van der Waals surface area contributed by atoms with Gasteiger partial charge in [0.1, 0.15) is 0 Å². The molecule has 0 saturated carbocycles. The molecule has 2 nitrogen and oxygen atoms in total. The molecule has 1 heterocycles. The van der Waals surface area contributed by atoms with E-state index in [0.29, 0.717) is 0 Å². The van der Waals surface area contributed by atoms with Gasteiger partial charge < -0.3 is 4.90 Å². The minimum absolute atomic E-state index is 0.783. The number of rotatable bonds is 1. The summed E-state index contributed by atoms with van der Waals surface area (Å²) >= 11 is 2.01. The Balaban J connectivity index is 2.22. The average Bonchev–Trinajstić information content (AvgIpc) is 2.30. The largest absolute Gasteiger partial charge is 0.370 e. The maximum absolute atomic E-state index is 8.85. The van der Waals surface area contributed by atoms with Crippen molar-refractivity contribution in [2.24, 2.45) is 0 Å². The van der Waals surface area contributed by atoms with E-state index in [1.807, 2.05) is 24.8 Å². The molecule has 0 unspecified atom stereocenters. The molecule has 0 radical (unpaired) electrons. The van der Waals surface area contributed by atoms with Gasteiger partial charge in [0.2, 0.25) is 0 Å². The second kappa shape index (κ2) is 4.59.